The third-order valence-corrected chi connectivity index (χ3v) is 16.6. The molecular weight excluding hydrogens is 1000 g/mol. The largest absolute Gasteiger partial charge is 0.472 e. The Morgan fingerprint density at radius 3 is 1.16 bits per heavy atom. The lowest BCUT2D eigenvalue weighted by molar-refractivity contribution is -0.870. The maximum absolute atomic E-state index is 13.6. The van der Waals surface area contributed by atoms with E-state index in [1.807, 2.05) is 33.3 Å². The molecule has 0 fully saturated rings. The highest BCUT2D eigenvalue weighted by Crippen LogP contribution is 2.43. The summed E-state index contributed by atoms with van der Waals surface area (Å²) < 4.78 is 30.8. The van der Waals surface area contributed by atoms with Crippen LogP contribution in [-0.4, -0.2) is 74.3 Å². The Labute approximate surface area is 491 Å². The minimum atomic E-state index is -4.45. The fourth-order valence-electron chi connectivity index (χ4n) is 10.3. The molecule has 2 N–H and O–H groups in total. The van der Waals surface area contributed by atoms with Gasteiger partial charge in [-0.25, -0.2) is 4.57 Å². The first-order chi connectivity index (χ1) is 38.4. The van der Waals surface area contributed by atoms with Crippen molar-refractivity contribution in [2.75, 3.05) is 40.9 Å². The van der Waals surface area contributed by atoms with E-state index >= 15 is 0 Å². The predicted octanol–water partition coefficient (Wildman–Crippen LogP) is 21.5. The Kier molecular flexibility index (Phi) is 58.1. The first kappa shape index (κ1) is 77.2. The molecule has 0 aromatic rings. The maximum atomic E-state index is 13.6. The second-order valence-electron chi connectivity index (χ2n) is 24.7. The number of quaternary nitrogens is 1. The van der Waals surface area contributed by atoms with Gasteiger partial charge in [0.05, 0.1) is 33.8 Å². The van der Waals surface area contributed by atoms with Crippen LogP contribution in [0, 0.1) is 0 Å². The normalized spacial score (nSPS) is 13.8. The highest BCUT2D eigenvalue weighted by molar-refractivity contribution is 7.47. The van der Waals surface area contributed by atoms with Crippen molar-refractivity contribution in [3.63, 3.8) is 0 Å². The summed E-state index contributed by atoms with van der Waals surface area (Å²) in [5, 5.41) is 3.07. The van der Waals surface area contributed by atoms with Gasteiger partial charge in [-0.2, -0.15) is 0 Å². The molecule has 0 saturated carbocycles. The Morgan fingerprint density at radius 2 is 0.772 bits per heavy atom. The number of carbonyl (C=O) groups excluding carboxylic acids is 2. The zero-order valence-electron chi connectivity index (χ0n) is 53.4. The summed E-state index contributed by atoms with van der Waals surface area (Å²) in [6.45, 7) is 7.05. The van der Waals surface area contributed by atoms with E-state index in [4.69, 9.17) is 13.8 Å². The van der Waals surface area contributed by atoms with Gasteiger partial charge in [0, 0.05) is 12.8 Å². The number of hydrogen-bond acceptors (Lipinski definition) is 6. The number of phosphoric acid groups is 1. The van der Waals surface area contributed by atoms with Gasteiger partial charge < -0.3 is 19.4 Å². The van der Waals surface area contributed by atoms with Gasteiger partial charge in [0.2, 0.25) is 5.91 Å². The average molecular weight is 1130 g/mol. The molecule has 0 spiro atoms. The van der Waals surface area contributed by atoms with Gasteiger partial charge in [0.1, 0.15) is 19.3 Å². The molecule has 466 valence electrons. The van der Waals surface area contributed by atoms with Crippen LogP contribution < -0.4 is 5.32 Å². The van der Waals surface area contributed by atoms with Gasteiger partial charge in [-0.15, -0.1) is 0 Å². The van der Waals surface area contributed by atoms with Crippen molar-refractivity contribution in [1.82, 2.24) is 5.32 Å². The molecule has 0 aromatic heterocycles. The second kappa shape index (κ2) is 59.4. The van der Waals surface area contributed by atoms with Crippen LogP contribution in [0.25, 0.3) is 0 Å². The number of esters is 1. The average Bonchev–Trinajstić information content (AvgIpc) is 3.41. The van der Waals surface area contributed by atoms with E-state index in [0.29, 0.717) is 23.9 Å². The lowest BCUT2D eigenvalue weighted by atomic mass is 10.0. The molecule has 9 nitrogen and oxygen atoms in total. The molecule has 79 heavy (non-hydrogen) atoms. The number of amides is 1. The molecule has 0 bridgehead atoms. The smallest absolute Gasteiger partial charge is 0.456 e. The molecule has 1 amide bonds. The van der Waals surface area contributed by atoms with Crippen molar-refractivity contribution in [2.45, 2.75) is 354 Å². The Morgan fingerprint density at radius 1 is 0.443 bits per heavy atom. The van der Waals surface area contributed by atoms with Gasteiger partial charge in [-0.3, -0.25) is 18.6 Å². The summed E-state index contributed by atoms with van der Waals surface area (Å²) in [5.74, 6) is -0.486. The summed E-state index contributed by atoms with van der Waals surface area (Å²) in [6.07, 6.45) is 72.8. The first-order valence-corrected chi connectivity index (χ1v) is 35.8. The van der Waals surface area contributed by atoms with Crippen LogP contribution in [0.4, 0.5) is 0 Å². The van der Waals surface area contributed by atoms with E-state index in [-0.39, 0.29) is 25.1 Å². The number of ether oxygens (including phenoxy) is 1. The van der Waals surface area contributed by atoms with Crippen LogP contribution in [0.5, 0.6) is 0 Å². The number of unbranched alkanes of at least 4 members (excludes halogenated alkanes) is 43. The molecule has 3 atom stereocenters. The highest BCUT2D eigenvalue weighted by atomic mass is 31.2. The Bertz CT molecular complexity index is 1450. The minimum Gasteiger partial charge on any atom is -0.456 e. The number of likely N-dealkylation sites (N-methyl/N-ethyl adjacent to an activating group) is 1. The van der Waals surface area contributed by atoms with Crippen molar-refractivity contribution in [1.29, 1.82) is 0 Å². The quantitative estimate of drug-likeness (QED) is 0.0205. The van der Waals surface area contributed by atoms with E-state index in [1.54, 1.807) is 0 Å². The zero-order valence-corrected chi connectivity index (χ0v) is 54.3. The van der Waals surface area contributed by atoms with E-state index in [2.05, 4.69) is 50.4 Å². The first-order valence-electron chi connectivity index (χ1n) is 34.3. The SMILES string of the molecule is CCCCC/C=C\C/C=C\CCCCCCCCCCCCCCCC(=O)NC(COP(=O)(O)OCC[N+](C)(C)C)C(/C=C\CCCCCCCCCCCCC)OC(=O)CCCCCCCCCCCCCCCCCCC. The number of rotatable bonds is 63. The predicted molar refractivity (Wildman–Crippen MR) is 342 cm³/mol. The van der Waals surface area contributed by atoms with E-state index in [0.717, 1.165) is 64.2 Å². The van der Waals surface area contributed by atoms with Gasteiger partial charge >= 0.3 is 13.8 Å². The zero-order chi connectivity index (χ0) is 57.9. The summed E-state index contributed by atoms with van der Waals surface area (Å²) in [6, 6.07) is -0.845. The highest BCUT2D eigenvalue weighted by Gasteiger charge is 2.30. The lowest BCUT2D eigenvalue weighted by Crippen LogP contribution is -2.47. The summed E-state index contributed by atoms with van der Waals surface area (Å²) in [4.78, 5) is 37.8. The van der Waals surface area contributed by atoms with E-state index in [1.165, 1.54) is 244 Å². The molecule has 0 rings (SSSR count). The number of allylic oxidation sites excluding steroid dienone is 5. The monoisotopic (exact) mass is 1130 g/mol. The van der Waals surface area contributed by atoms with Crippen molar-refractivity contribution in [2.24, 2.45) is 0 Å². The van der Waals surface area contributed by atoms with E-state index in [9.17, 15) is 19.0 Å². The molecule has 0 radical (unpaired) electrons. The number of hydrogen-bond donors (Lipinski definition) is 2. The van der Waals surface area contributed by atoms with Crippen LogP contribution in [0.3, 0.4) is 0 Å². The van der Waals surface area contributed by atoms with Crippen molar-refractivity contribution in [3.8, 4) is 0 Å². The molecular formula is C69H134N2O7P+. The molecule has 3 unspecified atom stereocenters. The minimum absolute atomic E-state index is 0.0431. The van der Waals surface area contributed by atoms with Crippen LogP contribution in [0.1, 0.15) is 342 Å². The Hall–Kier alpha value is -1.77. The molecule has 0 aliphatic rings. The lowest BCUT2D eigenvalue weighted by Gasteiger charge is -2.27. The Balaban J connectivity index is 5.12. The fourth-order valence-corrected chi connectivity index (χ4v) is 11.0. The molecule has 0 heterocycles. The molecule has 0 aromatic carbocycles. The van der Waals surface area contributed by atoms with Crippen LogP contribution in [0.15, 0.2) is 36.5 Å². The standard InChI is InChI=1S/C69H133N2O7P/c1-7-10-13-16-19-22-25-28-30-32-33-34-35-36-37-39-40-43-46-49-52-55-58-61-68(72)70-66(65-77-79(74,75)76-64-63-71(4,5)6)67(60-57-54-51-48-45-42-27-24-21-18-15-12-9-3)78-69(73)62-59-56-53-50-47-44-41-38-31-29-26-23-20-17-14-11-8-2/h19,22,28,30,57,60,66-67H,7-18,20-21,23-27,29,31-56,58-59,61-65H2,1-6H3,(H-,70,72,74,75)/p+1/b22-19-,30-28-,60-57-. The third kappa shape index (κ3) is 60.6. The number of phosphoric ester groups is 1. The van der Waals surface area contributed by atoms with Crippen molar-refractivity contribution >= 4 is 19.7 Å². The van der Waals surface area contributed by atoms with Crippen LogP contribution in [0.2, 0.25) is 0 Å². The van der Waals surface area contributed by atoms with E-state index < -0.39 is 20.0 Å². The molecule has 0 aliphatic heterocycles. The van der Waals surface area contributed by atoms with Crippen molar-refractivity contribution < 1.29 is 37.3 Å². The van der Waals surface area contributed by atoms with Gasteiger partial charge in [0.15, 0.2) is 0 Å². The summed E-state index contributed by atoms with van der Waals surface area (Å²) in [5.41, 5.74) is 0. The molecule has 0 aliphatic carbocycles. The van der Waals surface area contributed by atoms with Gasteiger partial charge in [-0.05, 0) is 63.9 Å². The molecule has 0 saturated heterocycles. The van der Waals surface area contributed by atoms with Gasteiger partial charge in [-0.1, -0.05) is 302 Å². The molecule has 10 heteroatoms. The van der Waals surface area contributed by atoms with Gasteiger partial charge in [0.25, 0.3) is 0 Å². The van der Waals surface area contributed by atoms with Crippen molar-refractivity contribution in [3.05, 3.63) is 36.5 Å². The number of carbonyl (C=O) groups is 2. The fraction of sp³-hybridized carbons (Fsp3) is 0.884. The van der Waals surface area contributed by atoms with Crippen LogP contribution >= 0.6 is 7.82 Å². The summed E-state index contributed by atoms with van der Waals surface area (Å²) in [7, 11) is 1.51. The number of nitrogens with zero attached hydrogens (tertiary/aromatic N) is 1. The third-order valence-electron chi connectivity index (χ3n) is 15.6. The topological polar surface area (TPSA) is 111 Å². The number of nitrogens with one attached hydrogen (secondary N) is 1. The maximum Gasteiger partial charge on any atom is 0.472 e. The second-order valence-corrected chi connectivity index (χ2v) is 26.2. The summed E-state index contributed by atoms with van der Waals surface area (Å²) >= 11 is 0. The van der Waals surface area contributed by atoms with Crippen LogP contribution in [-0.2, 0) is 27.9 Å².